The van der Waals surface area contributed by atoms with Crippen LogP contribution in [0.5, 0.6) is 0 Å². The molecule has 0 fully saturated rings. The van der Waals surface area contributed by atoms with Gasteiger partial charge in [-0.1, -0.05) is 61.3 Å². The molecule has 1 N–H and O–H groups in total. The molecule has 0 aliphatic heterocycles. The predicted molar refractivity (Wildman–Crippen MR) is 130 cm³/mol. The van der Waals surface area contributed by atoms with Crippen molar-refractivity contribution in [3.05, 3.63) is 94.0 Å². The molecule has 1 heterocycles. The Morgan fingerprint density at radius 2 is 1.68 bits per heavy atom. The normalized spacial score (nSPS) is 11.2. The van der Waals surface area contributed by atoms with Gasteiger partial charge in [-0.15, -0.1) is 0 Å². The Hall–Kier alpha value is -3.17. The van der Waals surface area contributed by atoms with Crippen molar-refractivity contribution >= 4 is 34.1 Å². The Morgan fingerprint density at radius 1 is 0.935 bits per heavy atom. The number of benzene rings is 3. The Labute approximate surface area is 188 Å². The van der Waals surface area contributed by atoms with Crippen molar-refractivity contribution in [1.29, 1.82) is 0 Å². The molecule has 0 unspecified atom stereocenters. The quantitative estimate of drug-likeness (QED) is 0.364. The van der Waals surface area contributed by atoms with E-state index in [4.69, 9.17) is 16.6 Å². The summed E-state index contributed by atoms with van der Waals surface area (Å²) in [6.45, 7) is 8.42. The number of pyridine rings is 1. The molecule has 1 aromatic heterocycles. The zero-order valence-corrected chi connectivity index (χ0v) is 18.9. The van der Waals surface area contributed by atoms with Crippen LogP contribution < -0.4 is 5.32 Å². The number of carbonyl (C=O) groups is 1. The van der Waals surface area contributed by atoms with Gasteiger partial charge in [0.2, 0.25) is 0 Å². The first kappa shape index (κ1) is 21.1. The predicted octanol–water partition coefficient (Wildman–Crippen LogP) is 7.55. The zero-order valence-electron chi connectivity index (χ0n) is 18.2. The molecule has 31 heavy (non-hydrogen) atoms. The molecule has 0 atom stereocenters. The maximum absolute atomic E-state index is 13.3. The van der Waals surface area contributed by atoms with Gasteiger partial charge < -0.3 is 5.32 Å². The van der Waals surface area contributed by atoms with Crippen molar-refractivity contribution in [2.24, 2.45) is 0 Å². The summed E-state index contributed by atoms with van der Waals surface area (Å²) >= 11 is 6.24. The second kappa shape index (κ2) is 8.52. The SMILES string of the molecule is Cc1ccc(-c2cc(C(=O)Nc3ccc(C(C)C)cc3)c3cc(Cl)ccc3n2)c(C)c1. The Kier molecular flexibility index (Phi) is 5.79. The van der Waals surface area contributed by atoms with Crippen molar-refractivity contribution in [2.45, 2.75) is 33.6 Å². The third-order valence-electron chi connectivity index (χ3n) is 5.51. The molecule has 0 spiro atoms. The van der Waals surface area contributed by atoms with Crippen LogP contribution in [0.3, 0.4) is 0 Å². The number of halogens is 1. The minimum Gasteiger partial charge on any atom is -0.322 e. The first-order valence-corrected chi connectivity index (χ1v) is 10.8. The monoisotopic (exact) mass is 428 g/mol. The minimum atomic E-state index is -0.182. The molecule has 4 heteroatoms. The number of aryl methyl sites for hydroxylation is 2. The van der Waals surface area contributed by atoms with Crippen LogP contribution in [0.25, 0.3) is 22.2 Å². The highest BCUT2D eigenvalue weighted by Crippen LogP contribution is 2.30. The molecule has 1 amide bonds. The van der Waals surface area contributed by atoms with Crippen molar-refractivity contribution in [2.75, 3.05) is 5.32 Å². The lowest BCUT2D eigenvalue weighted by Crippen LogP contribution is -2.13. The summed E-state index contributed by atoms with van der Waals surface area (Å²) in [5, 5.41) is 4.34. The van der Waals surface area contributed by atoms with Crippen LogP contribution in [0.2, 0.25) is 5.02 Å². The van der Waals surface area contributed by atoms with Crippen molar-refractivity contribution < 1.29 is 4.79 Å². The van der Waals surface area contributed by atoms with E-state index < -0.39 is 0 Å². The molecular weight excluding hydrogens is 404 g/mol. The highest BCUT2D eigenvalue weighted by atomic mass is 35.5. The largest absolute Gasteiger partial charge is 0.322 e. The lowest BCUT2D eigenvalue weighted by Gasteiger charge is -2.13. The van der Waals surface area contributed by atoms with Crippen LogP contribution in [0.1, 0.15) is 46.8 Å². The van der Waals surface area contributed by atoms with E-state index in [-0.39, 0.29) is 5.91 Å². The molecule has 0 saturated heterocycles. The van der Waals surface area contributed by atoms with Crippen molar-refractivity contribution in [3.8, 4) is 11.3 Å². The van der Waals surface area contributed by atoms with Gasteiger partial charge in [0.1, 0.15) is 0 Å². The summed E-state index contributed by atoms with van der Waals surface area (Å²) in [4.78, 5) is 18.1. The maximum atomic E-state index is 13.3. The second-order valence-corrected chi connectivity index (χ2v) is 8.70. The maximum Gasteiger partial charge on any atom is 0.256 e. The number of aromatic nitrogens is 1. The summed E-state index contributed by atoms with van der Waals surface area (Å²) in [5.74, 6) is 0.259. The van der Waals surface area contributed by atoms with Gasteiger partial charge in [0.05, 0.1) is 16.8 Å². The fourth-order valence-electron chi connectivity index (χ4n) is 3.77. The minimum absolute atomic E-state index is 0.182. The zero-order chi connectivity index (χ0) is 22.1. The molecule has 4 rings (SSSR count). The molecule has 3 nitrogen and oxygen atoms in total. The summed E-state index contributed by atoms with van der Waals surface area (Å²) in [5.41, 5.74) is 7.38. The van der Waals surface area contributed by atoms with Gasteiger partial charge in [0.25, 0.3) is 5.91 Å². The fraction of sp³-hybridized carbons (Fsp3) is 0.185. The first-order chi connectivity index (χ1) is 14.8. The van der Waals surface area contributed by atoms with Crippen LogP contribution in [-0.2, 0) is 0 Å². The van der Waals surface area contributed by atoms with E-state index in [1.807, 2.05) is 36.4 Å². The number of nitrogens with one attached hydrogen (secondary N) is 1. The Balaban J connectivity index is 1.79. The number of fused-ring (bicyclic) bond motifs is 1. The molecule has 0 aliphatic carbocycles. The topological polar surface area (TPSA) is 42.0 Å². The Bertz CT molecular complexity index is 1280. The van der Waals surface area contributed by atoms with E-state index in [1.165, 1.54) is 11.1 Å². The van der Waals surface area contributed by atoms with E-state index in [0.29, 0.717) is 16.5 Å². The molecule has 0 aliphatic rings. The molecule has 0 bridgehead atoms. The van der Waals surface area contributed by atoms with E-state index >= 15 is 0 Å². The van der Waals surface area contributed by atoms with Crippen molar-refractivity contribution in [3.63, 3.8) is 0 Å². The molecule has 0 radical (unpaired) electrons. The van der Waals surface area contributed by atoms with E-state index in [0.717, 1.165) is 33.4 Å². The fourth-order valence-corrected chi connectivity index (χ4v) is 3.95. The molecular formula is C27H25ClN2O. The number of rotatable bonds is 4. The van der Waals surface area contributed by atoms with Gasteiger partial charge in [-0.2, -0.15) is 0 Å². The van der Waals surface area contributed by atoms with Crippen LogP contribution in [0, 0.1) is 13.8 Å². The average Bonchev–Trinajstić information content (AvgIpc) is 2.73. The standard InChI is InChI=1S/C27H25ClN2O/c1-16(2)19-6-9-21(10-7-19)29-27(31)24-15-26(22-11-5-17(3)13-18(22)4)30-25-12-8-20(28)14-23(24)25/h5-16H,1-4H3,(H,29,31). The van der Waals surface area contributed by atoms with Crippen LogP contribution in [0.4, 0.5) is 5.69 Å². The van der Waals surface area contributed by atoms with E-state index in [1.54, 1.807) is 12.1 Å². The van der Waals surface area contributed by atoms with Crippen LogP contribution in [-0.4, -0.2) is 10.9 Å². The van der Waals surface area contributed by atoms with Crippen molar-refractivity contribution in [1.82, 2.24) is 4.98 Å². The average molecular weight is 429 g/mol. The third kappa shape index (κ3) is 4.47. The molecule has 0 saturated carbocycles. The number of hydrogen-bond donors (Lipinski definition) is 1. The highest BCUT2D eigenvalue weighted by molar-refractivity contribution is 6.31. The van der Waals surface area contributed by atoms with E-state index in [9.17, 15) is 4.79 Å². The lowest BCUT2D eigenvalue weighted by molar-refractivity contribution is 0.102. The van der Waals surface area contributed by atoms with Gasteiger partial charge >= 0.3 is 0 Å². The van der Waals surface area contributed by atoms with Crippen LogP contribution in [0.15, 0.2) is 66.7 Å². The van der Waals surface area contributed by atoms with Crippen LogP contribution >= 0.6 is 11.6 Å². The number of carbonyl (C=O) groups excluding carboxylic acids is 1. The van der Waals surface area contributed by atoms with Gasteiger partial charge in [-0.3, -0.25) is 4.79 Å². The first-order valence-electron chi connectivity index (χ1n) is 10.4. The van der Waals surface area contributed by atoms with Gasteiger partial charge in [-0.25, -0.2) is 4.98 Å². The molecule has 4 aromatic rings. The third-order valence-corrected chi connectivity index (χ3v) is 5.74. The number of hydrogen-bond acceptors (Lipinski definition) is 2. The molecule has 156 valence electrons. The highest BCUT2D eigenvalue weighted by Gasteiger charge is 2.16. The van der Waals surface area contributed by atoms with Gasteiger partial charge in [0, 0.05) is 21.7 Å². The summed E-state index contributed by atoms with van der Waals surface area (Å²) in [7, 11) is 0. The second-order valence-electron chi connectivity index (χ2n) is 8.27. The summed E-state index contributed by atoms with van der Waals surface area (Å²) in [6.07, 6.45) is 0. The number of amides is 1. The van der Waals surface area contributed by atoms with E-state index in [2.05, 4.69) is 51.2 Å². The van der Waals surface area contributed by atoms with Gasteiger partial charge in [-0.05, 0) is 67.3 Å². The number of anilines is 1. The van der Waals surface area contributed by atoms with Gasteiger partial charge in [0.15, 0.2) is 0 Å². The summed E-state index contributed by atoms with van der Waals surface area (Å²) < 4.78 is 0. The lowest BCUT2D eigenvalue weighted by atomic mass is 9.99. The Morgan fingerprint density at radius 3 is 2.35 bits per heavy atom. The summed E-state index contributed by atoms with van der Waals surface area (Å²) in [6, 6.07) is 21.5. The number of nitrogens with zero attached hydrogens (tertiary/aromatic N) is 1. The smallest absolute Gasteiger partial charge is 0.256 e. The molecule has 3 aromatic carbocycles.